The average Bonchev–Trinajstić information content (AvgIpc) is 2.80. The van der Waals surface area contributed by atoms with Gasteiger partial charge in [-0.1, -0.05) is 42.5 Å². The van der Waals surface area contributed by atoms with E-state index in [0.717, 1.165) is 15.6 Å². The molecule has 0 saturated heterocycles. The topological polar surface area (TPSA) is 65.7 Å². The number of rotatable bonds is 6. The smallest absolute Gasteiger partial charge is 0.282 e. The summed E-state index contributed by atoms with van der Waals surface area (Å²) < 4.78 is 13.1. The molecule has 1 heterocycles. The quantitative estimate of drug-likeness (QED) is 0.361. The predicted octanol–water partition coefficient (Wildman–Crippen LogP) is 5.12. The Kier molecular flexibility index (Phi) is 6.13. The van der Waals surface area contributed by atoms with Crippen LogP contribution in [0.25, 0.3) is 22.3 Å². The van der Waals surface area contributed by atoms with E-state index >= 15 is 0 Å². The van der Waals surface area contributed by atoms with E-state index in [9.17, 15) is 4.79 Å². The molecule has 3 aromatic carbocycles. The average molecular weight is 478 g/mol. The van der Waals surface area contributed by atoms with E-state index in [0.29, 0.717) is 34.8 Å². The Balaban J connectivity index is 1.89. The summed E-state index contributed by atoms with van der Waals surface area (Å²) in [6.45, 7) is 2.41. The second-order valence-electron chi connectivity index (χ2n) is 6.64. The molecule has 4 rings (SSSR count). The summed E-state index contributed by atoms with van der Waals surface area (Å²) >= 11 is 3.54. The summed E-state index contributed by atoms with van der Waals surface area (Å²) in [7, 11) is 1.59. The van der Waals surface area contributed by atoms with Gasteiger partial charge in [0, 0.05) is 15.6 Å². The van der Waals surface area contributed by atoms with E-state index in [4.69, 9.17) is 14.5 Å². The molecule has 0 radical (unpaired) electrons. The highest BCUT2D eigenvalue weighted by atomic mass is 79.9. The van der Waals surface area contributed by atoms with Crippen LogP contribution in [0.1, 0.15) is 12.5 Å². The summed E-state index contributed by atoms with van der Waals surface area (Å²) in [5, 5.41) is 5.01. The van der Waals surface area contributed by atoms with Crippen molar-refractivity contribution in [3.8, 4) is 22.9 Å². The Labute approximate surface area is 187 Å². The molecule has 156 valence electrons. The van der Waals surface area contributed by atoms with Gasteiger partial charge in [-0.05, 0) is 47.1 Å². The molecule has 0 aliphatic carbocycles. The monoisotopic (exact) mass is 477 g/mol. The van der Waals surface area contributed by atoms with E-state index in [2.05, 4.69) is 21.0 Å². The molecule has 0 aliphatic heterocycles. The van der Waals surface area contributed by atoms with Gasteiger partial charge in [0.1, 0.15) is 0 Å². The van der Waals surface area contributed by atoms with Crippen molar-refractivity contribution in [1.29, 1.82) is 0 Å². The Morgan fingerprint density at radius 3 is 2.55 bits per heavy atom. The van der Waals surface area contributed by atoms with E-state index in [-0.39, 0.29) is 5.56 Å². The molecule has 0 aliphatic rings. The fourth-order valence-electron chi connectivity index (χ4n) is 3.20. The van der Waals surface area contributed by atoms with Crippen LogP contribution in [0.2, 0.25) is 0 Å². The van der Waals surface area contributed by atoms with Crippen LogP contribution >= 0.6 is 15.9 Å². The molecule has 0 atom stereocenters. The maximum absolute atomic E-state index is 13.3. The number of benzene rings is 3. The van der Waals surface area contributed by atoms with Crippen LogP contribution in [0.3, 0.4) is 0 Å². The Hall–Kier alpha value is -3.45. The van der Waals surface area contributed by atoms with E-state index in [1.807, 2.05) is 67.6 Å². The van der Waals surface area contributed by atoms with E-state index in [1.54, 1.807) is 19.4 Å². The first-order valence-electron chi connectivity index (χ1n) is 9.74. The standard InChI is InChI=1S/C24H20BrN3O3/c1-3-31-22-13-17(19(25)14-21(22)30-2)15-26-28-23(16-9-5-4-6-10-16)27-20-12-8-7-11-18(20)24(28)29/h4-15H,3H2,1-2H3. The van der Waals surface area contributed by atoms with Crippen molar-refractivity contribution in [3.63, 3.8) is 0 Å². The highest BCUT2D eigenvalue weighted by molar-refractivity contribution is 9.10. The van der Waals surface area contributed by atoms with Crippen LogP contribution in [-0.2, 0) is 0 Å². The zero-order chi connectivity index (χ0) is 21.8. The third-order valence-electron chi connectivity index (χ3n) is 4.68. The third-order valence-corrected chi connectivity index (χ3v) is 5.37. The molecule has 0 saturated carbocycles. The first-order chi connectivity index (χ1) is 15.1. The maximum Gasteiger partial charge on any atom is 0.282 e. The number of aromatic nitrogens is 2. The number of nitrogens with zero attached hydrogens (tertiary/aromatic N) is 3. The van der Waals surface area contributed by atoms with Gasteiger partial charge in [0.25, 0.3) is 5.56 Å². The van der Waals surface area contributed by atoms with Gasteiger partial charge in [-0.3, -0.25) is 4.79 Å². The van der Waals surface area contributed by atoms with Crippen LogP contribution in [0.15, 0.2) is 81.1 Å². The van der Waals surface area contributed by atoms with Crippen LogP contribution in [0, 0.1) is 0 Å². The largest absolute Gasteiger partial charge is 0.493 e. The van der Waals surface area contributed by atoms with E-state index < -0.39 is 0 Å². The minimum absolute atomic E-state index is 0.240. The van der Waals surface area contributed by atoms with Gasteiger partial charge in [-0.25, -0.2) is 4.98 Å². The molecule has 0 N–H and O–H groups in total. The molecule has 4 aromatic rings. The molecule has 1 aromatic heterocycles. The lowest BCUT2D eigenvalue weighted by Crippen LogP contribution is -2.20. The summed E-state index contributed by atoms with van der Waals surface area (Å²) in [5.41, 5.74) is 1.92. The van der Waals surface area contributed by atoms with Gasteiger partial charge in [0.15, 0.2) is 17.3 Å². The molecule has 0 amide bonds. The van der Waals surface area contributed by atoms with Gasteiger partial charge in [0.05, 0.1) is 30.8 Å². The highest BCUT2D eigenvalue weighted by Gasteiger charge is 2.13. The summed E-state index contributed by atoms with van der Waals surface area (Å²) in [6, 6.07) is 20.4. The molecule has 0 spiro atoms. The molecule has 6 nitrogen and oxygen atoms in total. The minimum Gasteiger partial charge on any atom is -0.493 e. The molecular weight excluding hydrogens is 458 g/mol. The summed E-state index contributed by atoms with van der Waals surface area (Å²) in [6.07, 6.45) is 1.61. The molecule has 0 bridgehead atoms. The number of hydrogen-bond donors (Lipinski definition) is 0. The maximum atomic E-state index is 13.3. The Morgan fingerprint density at radius 1 is 1.06 bits per heavy atom. The number of methoxy groups -OCH3 is 1. The number of ether oxygens (including phenoxy) is 2. The number of halogens is 1. The van der Waals surface area contributed by atoms with Crippen LogP contribution in [-0.4, -0.2) is 29.6 Å². The second kappa shape index (κ2) is 9.14. The Bertz CT molecular complexity index is 1320. The van der Waals surface area contributed by atoms with Crippen molar-refractivity contribution in [1.82, 2.24) is 9.66 Å². The number of para-hydroxylation sites is 1. The summed E-state index contributed by atoms with van der Waals surface area (Å²) in [4.78, 5) is 18.0. The second-order valence-corrected chi connectivity index (χ2v) is 7.49. The SMILES string of the molecule is CCOc1cc(C=Nn2c(-c3ccccc3)nc3ccccc3c2=O)c(Br)cc1OC. The van der Waals surface area contributed by atoms with Crippen molar-refractivity contribution >= 4 is 33.0 Å². The normalized spacial score (nSPS) is 11.2. The third kappa shape index (κ3) is 4.22. The van der Waals surface area contributed by atoms with Gasteiger partial charge >= 0.3 is 0 Å². The lowest BCUT2D eigenvalue weighted by atomic mass is 10.2. The molecule has 31 heavy (non-hydrogen) atoms. The minimum atomic E-state index is -0.240. The molecular formula is C24H20BrN3O3. The van der Waals surface area contributed by atoms with E-state index in [1.165, 1.54) is 4.68 Å². The van der Waals surface area contributed by atoms with Crippen molar-refractivity contribution < 1.29 is 9.47 Å². The predicted molar refractivity (Wildman–Crippen MR) is 126 cm³/mol. The zero-order valence-corrected chi connectivity index (χ0v) is 18.7. The van der Waals surface area contributed by atoms with Crippen LogP contribution in [0.4, 0.5) is 0 Å². The number of hydrogen-bond acceptors (Lipinski definition) is 5. The van der Waals surface area contributed by atoms with Crippen molar-refractivity contribution in [2.24, 2.45) is 5.10 Å². The Morgan fingerprint density at radius 2 is 1.81 bits per heavy atom. The van der Waals surface area contributed by atoms with Gasteiger partial charge in [-0.15, -0.1) is 0 Å². The fraction of sp³-hybridized carbons (Fsp3) is 0.125. The van der Waals surface area contributed by atoms with Gasteiger partial charge in [0.2, 0.25) is 0 Å². The first-order valence-corrected chi connectivity index (χ1v) is 10.5. The first kappa shape index (κ1) is 20.8. The lowest BCUT2D eigenvalue weighted by molar-refractivity contribution is 0.311. The molecule has 7 heteroatoms. The zero-order valence-electron chi connectivity index (χ0n) is 17.1. The van der Waals surface area contributed by atoms with Crippen LogP contribution < -0.4 is 15.0 Å². The van der Waals surface area contributed by atoms with Crippen molar-refractivity contribution in [2.45, 2.75) is 6.92 Å². The number of fused-ring (bicyclic) bond motifs is 1. The highest BCUT2D eigenvalue weighted by Crippen LogP contribution is 2.33. The van der Waals surface area contributed by atoms with Crippen molar-refractivity contribution in [3.05, 3.63) is 87.1 Å². The summed E-state index contributed by atoms with van der Waals surface area (Å²) in [5.74, 6) is 1.68. The molecule has 0 fully saturated rings. The van der Waals surface area contributed by atoms with Gasteiger partial charge < -0.3 is 9.47 Å². The van der Waals surface area contributed by atoms with Crippen LogP contribution in [0.5, 0.6) is 11.5 Å². The fourth-order valence-corrected chi connectivity index (χ4v) is 3.63. The lowest BCUT2D eigenvalue weighted by Gasteiger charge is -2.12. The molecule has 0 unspecified atom stereocenters. The van der Waals surface area contributed by atoms with Crippen molar-refractivity contribution in [2.75, 3.05) is 13.7 Å². The van der Waals surface area contributed by atoms with Gasteiger partial charge in [-0.2, -0.15) is 9.78 Å².